The number of aromatic nitrogens is 2. The average Bonchev–Trinajstić information content (AvgIpc) is 3.43. The quantitative estimate of drug-likeness (QED) is 0.684. The van der Waals surface area contributed by atoms with Gasteiger partial charge in [0, 0.05) is 30.2 Å². The number of carbonyl (C=O) groups excluding carboxylic acids is 1. The predicted molar refractivity (Wildman–Crippen MR) is 106 cm³/mol. The lowest BCUT2D eigenvalue weighted by atomic mass is 9.72. The van der Waals surface area contributed by atoms with E-state index in [-0.39, 0.29) is 17.4 Å². The maximum absolute atomic E-state index is 12.8. The van der Waals surface area contributed by atoms with Gasteiger partial charge in [0.2, 0.25) is 0 Å². The van der Waals surface area contributed by atoms with E-state index in [4.69, 9.17) is 9.47 Å². The molecule has 1 aromatic carbocycles. The third-order valence-electron chi connectivity index (χ3n) is 6.59. The van der Waals surface area contributed by atoms with Gasteiger partial charge in [-0.05, 0) is 56.9 Å². The van der Waals surface area contributed by atoms with E-state index in [1.54, 1.807) is 7.11 Å². The van der Waals surface area contributed by atoms with Crippen LogP contribution in [0.4, 0.5) is 0 Å². The van der Waals surface area contributed by atoms with Crippen molar-refractivity contribution in [2.45, 2.75) is 58.2 Å². The molecular formula is C22H29N3O3. The van der Waals surface area contributed by atoms with Gasteiger partial charge in [0.15, 0.2) is 0 Å². The minimum absolute atomic E-state index is 0.0202. The van der Waals surface area contributed by atoms with Crippen molar-refractivity contribution in [3.63, 3.8) is 0 Å². The van der Waals surface area contributed by atoms with E-state index in [1.165, 1.54) is 0 Å². The van der Waals surface area contributed by atoms with Gasteiger partial charge in [-0.25, -0.2) is 4.98 Å². The number of hydrogen-bond acceptors (Lipinski definition) is 5. The second kappa shape index (κ2) is 7.59. The van der Waals surface area contributed by atoms with Crippen LogP contribution in [0.3, 0.4) is 0 Å². The molecule has 0 N–H and O–H groups in total. The van der Waals surface area contributed by atoms with Crippen molar-refractivity contribution in [2.75, 3.05) is 13.7 Å². The minimum atomic E-state index is -0.365. The molecule has 3 heterocycles. The Morgan fingerprint density at radius 2 is 2.04 bits per heavy atom. The molecule has 150 valence electrons. The van der Waals surface area contributed by atoms with Gasteiger partial charge in [0.25, 0.3) is 0 Å². The number of carbonyl (C=O) groups is 1. The number of nitrogens with zero attached hydrogens (tertiary/aromatic N) is 3. The zero-order valence-electron chi connectivity index (χ0n) is 16.9. The molecule has 2 fully saturated rings. The van der Waals surface area contributed by atoms with Crippen molar-refractivity contribution in [1.82, 2.24) is 14.5 Å². The molecule has 0 spiro atoms. The maximum atomic E-state index is 12.8. The van der Waals surface area contributed by atoms with E-state index >= 15 is 0 Å². The molecule has 6 nitrogen and oxygen atoms in total. The third kappa shape index (κ3) is 3.00. The number of fused-ring (bicyclic) bond motifs is 2. The van der Waals surface area contributed by atoms with Crippen LogP contribution in [0, 0.1) is 5.41 Å². The van der Waals surface area contributed by atoms with E-state index in [0.717, 1.165) is 49.5 Å². The number of benzene rings is 1. The molecule has 2 bridgehead atoms. The van der Waals surface area contributed by atoms with E-state index in [2.05, 4.69) is 21.4 Å². The average molecular weight is 383 g/mol. The van der Waals surface area contributed by atoms with Crippen LogP contribution < -0.4 is 4.74 Å². The monoisotopic (exact) mass is 383 g/mol. The molecule has 2 aliphatic rings. The Labute approximate surface area is 166 Å². The molecule has 4 rings (SSSR count). The molecule has 0 aliphatic carbocycles. The van der Waals surface area contributed by atoms with E-state index in [0.29, 0.717) is 12.6 Å². The fourth-order valence-corrected chi connectivity index (χ4v) is 5.16. The first kappa shape index (κ1) is 19.0. The zero-order valence-corrected chi connectivity index (χ0v) is 16.9. The Kier molecular flexibility index (Phi) is 5.15. The Balaban J connectivity index is 1.57. The van der Waals surface area contributed by atoms with Gasteiger partial charge < -0.3 is 14.0 Å². The molecule has 0 saturated carbocycles. The van der Waals surface area contributed by atoms with Gasteiger partial charge in [-0.15, -0.1) is 0 Å². The number of hydrogen-bond donors (Lipinski definition) is 0. The summed E-state index contributed by atoms with van der Waals surface area (Å²) >= 11 is 0. The van der Waals surface area contributed by atoms with Crippen LogP contribution in [0.1, 0.15) is 45.4 Å². The molecule has 2 aliphatic heterocycles. The van der Waals surface area contributed by atoms with Crippen molar-refractivity contribution in [1.29, 1.82) is 0 Å². The fourth-order valence-electron chi connectivity index (χ4n) is 5.16. The van der Waals surface area contributed by atoms with E-state index < -0.39 is 0 Å². The summed E-state index contributed by atoms with van der Waals surface area (Å²) < 4.78 is 12.9. The Morgan fingerprint density at radius 1 is 1.25 bits per heavy atom. The molecular weight excluding hydrogens is 354 g/mol. The largest absolute Gasteiger partial charge is 0.497 e. The van der Waals surface area contributed by atoms with Crippen LogP contribution in [0.5, 0.6) is 5.75 Å². The normalized spacial score (nSPS) is 26.5. The van der Waals surface area contributed by atoms with Crippen LogP contribution in [0.25, 0.3) is 5.69 Å². The standard InChI is InChI=1S/C22H29N3O3/c1-4-22(21(26)28-5-2)14-17-8-11-19(22)25(17)15-20-23-12-13-24(20)16-6-9-18(27-3)10-7-16/h6-7,9-10,12-13,17,19H,4-5,8,11,14-15H2,1-3H3/t17-,19+,22+/m0/s1. The number of esters is 1. The Bertz CT molecular complexity index is 832. The SMILES string of the molecule is CCOC(=O)[C@]1(CC)C[C@@H]2CC[C@H]1N2Cc1nccn1-c1ccc(OC)cc1. The molecule has 0 amide bonds. The number of methoxy groups -OCH3 is 1. The van der Waals surface area contributed by atoms with Crippen LogP contribution in [0.2, 0.25) is 0 Å². The number of ether oxygens (including phenoxy) is 2. The Hall–Kier alpha value is -2.34. The van der Waals surface area contributed by atoms with Crippen LogP contribution >= 0.6 is 0 Å². The molecule has 0 radical (unpaired) electrons. The second-order valence-electron chi connectivity index (χ2n) is 7.77. The molecule has 28 heavy (non-hydrogen) atoms. The van der Waals surface area contributed by atoms with Gasteiger partial charge in [-0.3, -0.25) is 9.69 Å². The molecule has 2 aromatic rings. The van der Waals surface area contributed by atoms with E-state index in [1.807, 2.05) is 43.6 Å². The topological polar surface area (TPSA) is 56.6 Å². The molecule has 6 heteroatoms. The van der Waals surface area contributed by atoms with E-state index in [9.17, 15) is 4.79 Å². The van der Waals surface area contributed by atoms with Gasteiger partial charge in [-0.2, -0.15) is 0 Å². The molecule has 2 saturated heterocycles. The van der Waals surface area contributed by atoms with Crippen molar-refractivity contribution in [3.05, 3.63) is 42.5 Å². The Morgan fingerprint density at radius 3 is 2.71 bits per heavy atom. The maximum Gasteiger partial charge on any atom is 0.313 e. The summed E-state index contributed by atoms with van der Waals surface area (Å²) in [7, 11) is 1.67. The highest BCUT2D eigenvalue weighted by Crippen LogP contribution is 2.52. The van der Waals surface area contributed by atoms with Crippen molar-refractivity contribution >= 4 is 5.97 Å². The lowest BCUT2D eigenvalue weighted by molar-refractivity contribution is -0.157. The lowest BCUT2D eigenvalue weighted by Crippen LogP contribution is -2.44. The first-order chi connectivity index (χ1) is 13.6. The first-order valence-electron chi connectivity index (χ1n) is 10.2. The van der Waals surface area contributed by atoms with Crippen molar-refractivity contribution in [2.24, 2.45) is 5.41 Å². The molecule has 1 aromatic heterocycles. The highest BCUT2D eigenvalue weighted by atomic mass is 16.5. The van der Waals surface area contributed by atoms with Gasteiger partial charge in [0.05, 0.1) is 25.7 Å². The predicted octanol–water partition coefficient (Wildman–Crippen LogP) is 3.58. The zero-order chi connectivity index (χ0) is 19.7. The van der Waals surface area contributed by atoms with Crippen molar-refractivity contribution < 1.29 is 14.3 Å². The number of imidazole rings is 1. The van der Waals surface area contributed by atoms with Crippen LogP contribution in [0.15, 0.2) is 36.7 Å². The summed E-state index contributed by atoms with van der Waals surface area (Å²) in [6.45, 7) is 5.20. The summed E-state index contributed by atoms with van der Waals surface area (Å²) in [5.41, 5.74) is 0.697. The smallest absolute Gasteiger partial charge is 0.313 e. The number of rotatable bonds is 7. The highest BCUT2D eigenvalue weighted by Gasteiger charge is 2.59. The van der Waals surface area contributed by atoms with Gasteiger partial charge >= 0.3 is 5.97 Å². The summed E-state index contributed by atoms with van der Waals surface area (Å²) in [6, 6.07) is 8.66. The molecule has 3 atom stereocenters. The highest BCUT2D eigenvalue weighted by molar-refractivity contribution is 5.78. The molecule has 0 unspecified atom stereocenters. The lowest BCUT2D eigenvalue weighted by Gasteiger charge is -2.34. The van der Waals surface area contributed by atoms with Crippen LogP contribution in [-0.4, -0.2) is 46.2 Å². The summed E-state index contributed by atoms with van der Waals surface area (Å²) in [5.74, 6) is 1.82. The second-order valence-corrected chi connectivity index (χ2v) is 7.77. The minimum Gasteiger partial charge on any atom is -0.497 e. The van der Waals surface area contributed by atoms with Gasteiger partial charge in [0.1, 0.15) is 11.6 Å². The van der Waals surface area contributed by atoms with Gasteiger partial charge in [-0.1, -0.05) is 6.92 Å². The summed E-state index contributed by atoms with van der Waals surface area (Å²) in [6.07, 6.45) is 7.77. The first-order valence-corrected chi connectivity index (χ1v) is 10.2. The summed E-state index contributed by atoms with van der Waals surface area (Å²) in [4.78, 5) is 19.9. The summed E-state index contributed by atoms with van der Waals surface area (Å²) in [5, 5.41) is 0. The third-order valence-corrected chi connectivity index (χ3v) is 6.59. The van der Waals surface area contributed by atoms with Crippen molar-refractivity contribution in [3.8, 4) is 11.4 Å². The van der Waals surface area contributed by atoms with Crippen LogP contribution in [-0.2, 0) is 16.1 Å². The fraction of sp³-hybridized carbons (Fsp3) is 0.545.